The van der Waals surface area contributed by atoms with Crippen LogP contribution in [-0.2, 0) is 11.3 Å². The third-order valence-electron chi connectivity index (χ3n) is 3.72. The van der Waals surface area contributed by atoms with Crippen LogP contribution in [0.2, 0.25) is 0 Å². The van der Waals surface area contributed by atoms with Gasteiger partial charge in [0, 0.05) is 30.6 Å². The fraction of sp³-hybridized carbons (Fsp3) is 0.588. The van der Waals surface area contributed by atoms with Crippen molar-refractivity contribution in [3.63, 3.8) is 0 Å². The summed E-state index contributed by atoms with van der Waals surface area (Å²) in [6.45, 7) is 9.07. The van der Waals surface area contributed by atoms with Crippen LogP contribution in [0.5, 0.6) is 0 Å². The zero-order chi connectivity index (χ0) is 15.2. The number of hydrogen-bond donors (Lipinski definition) is 1. The first-order valence-corrected chi connectivity index (χ1v) is 8.72. The van der Waals surface area contributed by atoms with Gasteiger partial charge in [-0.15, -0.1) is 11.8 Å². The minimum absolute atomic E-state index is 0.00254. The topological polar surface area (TPSA) is 32.3 Å². The van der Waals surface area contributed by atoms with E-state index in [0.717, 1.165) is 32.5 Å². The molecule has 1 aromatic rings. The van der Waals surface area contributed by atoms with E-state index in [9.17, 15) is 4.79 Å². The Kier molecular flexibility index (Phi) is 6.12. The van der Waals surface area contributed by atoms with Crippen molar-refractivity contribution in [3.05, 3.63) is 29.8 Å². The molecule has 116 valence electrons. The zero-order valence-corrected chi connectivity index (χ0v) is 14.1. The molecule has 1 fully saturated rings. The molecular formula is C17H26N2OS. The minimum Gasteiger partial charge on any atom is -0.342 e. The molecule has 1 aliphatic heterocycles. The number of hydrogen-bond acceptors (Lipinski definition) is 3. The average molecular weight is 306 g/mol. The number of likely N-dealkylation sites (tertiary alicyclic amines) is 1. The Bertz CT molecular complexity index is 452. The van der Waals surface area contributed by atoms with E-state index >= 15 is 0 Å². The van der Waals surface area contributed by atoms with Crippen LogP contribution >= 0.6 is 11.8 Å². The molecule has 1 heterocycles. The van der Waals surface area contributed by atoms with Crippen LogP contribution in [0, 0.1) is 0 Å². The van der Waals surface area contributed by atoms with Gasteiger partial charge < -0.3 is 10.2 Å². The largest absolute Gasteiger partial charge is 0.342 e. The van der Waals surface area contributed by atoms with E-state index in [1.54, 1.807) is 11.8 Å². The van der Waals surface area contributed by atoms with Gasteiger partial charge in [0.25, 0.3) is 0 Å². The van der Waals surface area contributed by atoms with Gasteiger partial charge in [0.2, 0.25) is 5.91 Å². The lowest BCUT2D eigenvalue weighted by Crippen LogP contribution is -2.33. The number of carbonyl (C=O) groups excluding carboxylic acids is 1. The highest BCUT2D eigenvalue weighted by Crippen LogP contribution is 2.26. The summed E-state index contributed by atoms with van der Waals surface area (Å²) in [6.07, 6.45) is 2.31. The summed E-state index contributed by atoms with van der Waals surface area (Å²) < 4.78 is 0. The molecule has 0 radical (unpaired) electrons. The molecule has 4 heteroatoms. The summed E-state index contributed by atoms with van der Waals surface area (Å²) in [5.41, 5.74) is 1.28. The van der Waals surface area contributed by atoms with Crippen molar-refractivity contribution in [1.29, 1.82) is 0 Å². The second-order valence-electron chi connectivity index (χ2n) is 5.97. The second-order valence-corrected chi connectivity index (χ2v) is 7.39. The lowest BCUT2D eigenvalue weighted by Gasteiger charge is -2.20. The van der Waals surface area contributed by atoms with Crippen LogP contribution in [0.4, 0.5) is 0 Å². The number of benzene rings is 1. The van der Waals surface area contributed by atoms with Crippen molar-refractivity contribution >= 4 is 17.7 Å². The molecule has 2 rings (SSSR count). The molecule has 1 aromatic carbocycles. The van der Waals surface area contributed by atoms with E-state index in [4.69, 9.17) is 0 Å². The highest BCUT2D eigenvalue weighted by Gasteiger charge is 2.23. The summed E-state index contributed by atoms with van der Waals surface area (Å²) in [6, 6.07) is 9.03. The van der Waals surface area contributed by atoms with Gasteiger partial charge in [-0.3, -0.25) is 4.79 Å². The van der Waals surface area contributed by atoms with Gasteiger partial charge >= 0.3 is 0 Å². The van der Waals surface area contributed by atoms with Crippen molar-refractivity contribution in [2.24, 2.45) is 0 Å². The van der Waals surface area contributed by atoms with E-state index in [1.165, 1.54) is 10.5 Å². The van der Waals surface area contributed by atoms with Crippen LogP contribution in [0.25, 0.3) is 0 Å². The molecule has 3 nitrogen and oxygen atoms in total. The summed E-state index contributed by atoms with van der Waals surface area (Å²) in [7, 11) is 0. The maximum absolute atomic E-state index is 12.3. The number of rotatable bonds is 6. The summed E-state index contributed by atoms with van der Waals surface area (Å²) in [5.74, 6) is 0.281. The SMILES string of the molecule is CC(C)NCc1ccc(SC(C)C(=O)N2CCCC2)cc1. The first-order chi connectivity index (χ1) is 10.1. The maximum atomic E-state index is 12.3. The smallest absolute Gasteiger partial charge is 0.235 e. The fourth-order valence-electron chi connectivity index (χ4n) is 2.46. The fourth-order valence-corrected chi connectivity index (χ4v) is 3.41. The summed E-state index contributed by atoms with van der Waals surface area (Å²) >= 11 is 1.66. The standard InChI is InChI=1S/C17H26N2OS/c1-13(2)18-12-15-6-8-16(9-7-15)21-14(3)17(20)19-10-4-5-11-19/h6-9,13-14,18H,4-5,10-12H2,1-3H3. The Hall–Kier alpha value is -1.00. The summed E-state index contributed by atoms with van der Waals surface area (Å²) in [5, 5.41) is 3.41. The predicted molar refractivity (Wildman–Crippen MR) is 89.6 cm³/mol. The highest BCUT2D eigenvalue weighted by molar-refractivity contribution is 8.00. The Labute approximate surface area is 132 Å². The van der Waals surface area contributed by atoms with Crippen molar-refractivity contribution in [2.45, 2.75) is 56.3 Å². The molecule has 21 heavy (non-hydrogen) atoms. The Morgan fingerprint density at radius 3 is 2.38 bits per heavy atom. The maximum Gasteiger partial charge on any atom is 0.235 e. The molecule has 0 spiro atoms. The summed E-state index contributed by atoms with van der Waals surface area (Å²) in [4.78, 5) is 15.5. The number of thioether (sulfide) groups is 1. The number of nitrogens with one attached hydrogen (secondary N) is 1. The molecule has 0 aliphatic carbocycles. The van der Waals surface area contributed by atoms with Crippen LogP contribution in [0.1, 0.15) is 39.2 Å². The lowest BCUT2D eigenvalue weighted by atomic mass is 10.2. The minimum atomic E-state index is 0.00254. The Balaban J connectivity index is 1.85. The molecule has 0 bridgehead atoms. The Morgan fingerprint density at radius 2 is 1.81 bits per heavy atom. The van der Waals surface area contributed by atoms with E-state index < -0.39 is 0 Å². The van der Waals surface area contributed by atoms with Crippen LogP contribution in [0.15, 0.2) is 29.2 Å². The van der Waals surface area contributed by atoms with Gasteiger partial charge in [-0.1, -0.05) is 26.0 Å². The lowest BCUT2D eigenvalue weighted by molar-refractivity contribution is -0.129. The van der Waals surface area contributed by atoms with E-state index in [0.29, 0.717) is 6.04 Å². The molecule has 1 saturated heterocycles. The average Bonchev–Trinajstić information content (AvgIpc) is 2.99. The molecule has 0 saturated carbocycles. The third-order valence-corrected chi connectivity index (χ3v) is 4.82. The number of carbonyl (C=O) groups is 1. The van der Waals surface area contributed by atoms with Crippen molar-refractivity contribution in [1.82, 2.24) is 10.2 Å². The van der Waals surface area contributed by atoms with Gasteiger partial charge in [0.05, 0.1) is 5.25 Å². The predicted octanol–water partition coefficient (Wildman–Crippen LogP) is 3.29. The van der Waals surface area contributed by atoms with Crippen LogP contribution in [-0.4, -0.2) is 35.2 Å². The van der Waals surface area contributed by atoms with E-state index in [1.807, 2.05) is 11.8 Å². The normalized spacial score (nSPS) is 16.5. The quantitative estimate of drug-likeness (QED) is 0.819. The molecule has 1 unspecified atom stereocenters. The van der Waals surface area contributed by atoms with Crippen molar-refractivity contribution in [2.75, 3.05) is 13.1 Å². The van der Waals surface area contributed by atoms with Gasteiger partial charge in [0.15, 0.2) is 0 Å². The monoisotopic (exact) mass is 306 g/mol. The van der Waals surface area contributed by atoms with Gasteiger partial charge in [-0.2, -0.15) is 0 Å². The zero-order valence-electron chi connectivity index (χ0n) is 13.3. The second kappa shape index (κ2) is 7.85. The van der Waals surface area contributed by atoms with Crippen LogP contribution in [0.3, 0.4) is 0 Å². The molecule has 1 N–H and O–H groups in total. The molecule has 1 aliphatic rings. The van der Waals surface area contributed by atoms with Gasteiger partial charge in [-0.25, -0.2) is 0 Å². The Morgan fingerprint density at radius 1 is 1.19 bits per heavy atom. The van der Waals surface area contributed by atoms with E-state index in [2.05, 4.69) is 43.4 Å². The molecule has 1 amide bonds. The number of nitrogens with zero attached hydrogens (tertiary/aromatic N) is 1. The van der Waals surface area contributed by atoms with Gasteiger partial charge in [-0.05, 0) is 37.5 Å². The third kappa shape index (κ3) is 5.04. The van der Waals surface area contributed by atoms with Crippen molar-refractivity contribution < 1.29 is 4.79 Å². The molecule has 0 aromatic heterocycles. The van der Waals surface area contributed by atoms with Gasteiger partial charge in [0.1, 0.15) is 0 Å². The highest BCUT2D eigenvalue weighted by atomic mass is 32.2. The van der Waals surface area contributed by atoms with E-state index in [-0.39, 0.29) is 11.2 Å². The molecule has 1 atom stereocenters. The first-order valence-electron chi connectivity index (χ1n) is 7.84. The van der Waals surface area contributed by atoms with Crippen molar-refractivity contribution in [3.8, 4) is 0 Å². The van der Waals surface area contributed by atoms with Crippen LogP contribution < -0.4 is 5.32 Å². The number of amides is 1. The molecular weight excluding hydrogens is 280 g/mol. The first kappa shape index (κ1) is 16.4.